The number of carbonyl (C=O) groups is 3. The van der Waals surface area contributed by atoms with Gasteiger partial charge in [0.1, 0.15) is 5.75 Å². The van der Waals surface area contributed by atoms with Gasteiger partial charge in [0.25, 0.3) is 5.24 Å². The van der Waals surface area contributed by atoms with Gasteiger partial charge in [-0.1, -0.05) is 47.6 Å². The number of imide groups is 1. The molecular weight excluding hydrogens is 412 g/mol. The highest BCUT2D eigenvalue weighted by Gasteiger charge is 2.31. The molecule has 1 aliphatic rings. The number of ether oxygens (including phenoxy) is 1. The molecule has 1 N–H and O–H groups in total. The molecule has 1 unspecified atom stereocenters. The molecule has 1 saturated heterocycles. The van der Waals surface area contributed by atoms with E-state index in [0.29, 0.717) is 35.8 Å². The number of rotatable bonds is 7. The van der Waals surface area contributed by atoms with Crippen LogP contribution >= 0.6 is 23.4 Å². The Morgan fingerprint density at radius 2 is 1.86 bits per heavy atom. The Morgan fingerprint density at radius 3 is 2.45 bits per heavy atom. The second-order valence-electron chi connectivity index (χ2n) is 6.64. The second kappa shape index (κ2) is 9.33. The number of methoxy groups -OCH3 is 1. The van der Waals surface area contributed by atoms with Crippen molar-refractivity contribution in [2.75, 3.05) is 18.6 Å². The third-order valence-corrected chi connectivity index (χ3v) is 5.86. The van der Waals surface area contributed by atoms with Crippen molar-refractivity contribution in [1.82, 2.24) is 5.32 Å². The molecule has 1 aliphatic heterocycles. The van der Waals surface area contributed by atoms with Gasteiger partial charge < -0.3 is 9.64 Å². The van der Waals surface area contributed by atoms with E-state index in [2.05, 4.69) is 5.32 Å². The van der Waals surface area contributed by atoms with Gasteiger partial charge in [0.05, 0.1) is 18.0 Å². The molecule has 152 valence electrons. The van der Waals surface area contributed by atoms with Crippen molar-refractivity contribution >= 4 is 46.1 Å². The maximum absolute atomic E-state index is 12.2. The zero-order valence-corrected chi connectivity index (χ0v) is 17.7. The van der Waals surface area contributed by atoms with Crippen LogP contribution in [0.25, 0.3) is 0 Å². The van der Waals surface area contributed by atoms with Gasteiger partial charge in [-0.25, -0.2) is 0 Å². The summed E-state index contributed by atoms with van der Waals surface area (Å²) in [5.41, 5.74) is 2.68. The highest BCUT2D eigenvalue weighted by Crippen LogP contribution is 2.31. The fraction of sp³-hybridized carbons (Fsp3) is 0.286. The molecule has 0 spiro atoms. The van der Waals surface area contributed by atoms with Crippen LogP contribution in [-0.4, -0.2) is 36.0 Å². The van der Waals surface area contributed by atoms with Gasteiger partial charge in [-0.15, -0.1) is 0 Å². The first kappa shape index (κ1) is 21.2. The monoisotopic (exact) mass is 432 g/mol. The van der Waals surface area contributed by atoms with Crippen LogP contribution in [0.15, 0.2) is 42.5 Å². The summed E-state index contributed by atoms with van der Waals surface area (Å²) in [6, 6.07) is 13.0. The molecule has 2 aromatic rings. The van der Waals surface area contributed by atoms with Crippen molar-refractivity contribution < 1.29 is 19.1 Å². The normalized spacial score (nSPS) is 15.9. The lowest BCUT2D eigenvalue weighted by molar-refractivity contribution is -0.119. The number of hydrogen-bond donors (Lipinski definition) is 1. The maximum atomic E-state index is 12.2. The number of anilines is 1. The lowest BCUT2D eigenvalue weighted by Gasteiger charge is -2.23. The molecule has 8 heteroatoms. The zero-order chi connectivity index (χ0) is 21.0. The third-order valence-electron chi connectivity index (χ3n) is 4.65. The van der Waals surface area contributed by atoms with E-state index >= 15 is 0 Å². The summed E-state index contributed by atoms with van der Waals surface area (Å²) in [6.45, 7) is 1.98. The average molecular weight is 433 g/mol. The first-order valence-electron chi connectivity index (χ1n) is 9.08. The summed E-state index contributed by atoms with van der Waals surface area (Å²) in [5, 5.41) is 2.16. The molecular formula is C21H21ClN2O4S. The minimum atomic E-state index is -0.378. The van der Waals surface area contributed by atoms with E-state index < -0.39 is 0 Å². The van der Waals surface area contributed by atoms with E-state index in [0.717, 1.165) is 22.9 Å². The number of hydrogen-bond acceptors (Lipinski definition) is 5. The Morgan fingerprint density at radius 1 is 1.17 bits per heavy atom. The van der Waals surface area contributed by atoms with E-state index in [1.807, 2.05) is 24.3 Å². The maximum Gasteiger partial charge on any atom is 0.286 e. The number of nitrogens with one attached hydrogen (secondary N) is 1. The molecule has 2 aromatic carbocycles. The smallest absolute Gasteiger partial charge is 0.286 e. The summed E-state index contributed by atoms with van der Waals surface area (Å²) in [4.78, 5) is 36.8. The number of benzene rings is 2. The Hall–Kier alpha value is -2.51. The summed E-state index contributed by atoms with van der Waals surface area (Å²) in [6.07, 6.45) is 1.15. The van der Waals surface area contributed by atoms with Crippen LogP contribution in [0, 0.1) is 0 Å². The fourth-order valence-corrected chi connectivity index (χ4v) is 4.17. The van der Waals surface area contributed by atoms with Gasteiger partial charge in [0.15, 0.2) is 0 Å². The topological polar surface area (TPSA) is 75.7 Å². The average Bonchev–Trinajstić information content (AvgIpc) is 3.00. The van der Waals surface area contributed by atoms with Crippen molar-refractivity contribution in [1.29, 1.82) is 0 Å². The van der Waals surface area contributed by atoms with Crippen LogP contribution in [0.1, 0.15) is 18.1 Å². The quantitative estimate of drug-likeness (QED) is 0.719. The first-order valence-corrected chi connectivity index (χ1v) is 10.3. The summed E-state index contributed by atoms with van der Waals surface area (Å²) in [7, 11) is 1.56. The van der Waals surface area contributed by atoms with Crippen LogP contribution < -0.4 is 15.0 Å². The molecule has 29 heavy (non-hydrogen) atoms. The Labute approximate surface area is 178 Å². The summed E-state index contributed by atoms with van der Waals surface area (Å²) >= 11 is 7.13. The molecule has 0 aliphatic carbocycles. The summed E-state index contributed by atoms with van der Waals surface area (Å²) in [5.74, 6) is 0.245. The predicted molar refractivity (Wildman–Crippen MR) is 115 cm³/mol. The van der Waals surface area contributed by atoms with Gasteiger partial charge in [-0.2, -0.15) is 0 Å². The number of halogens is 1. The highest BCUT2D eigenvalue weighted by atomic mass is 35.5. The molecule has 1 heterocycles. The van der Waals surface area contributed by atoms with Crippen LogP contribution in [0.3, 0.4) is 0 Å². The van der Waals surface area contributed by atoms with Gasteiger partial charge in [-0.05, 0) is 42.2 Å². The van der Waals surface area contributed by atoms with Crippen molar-refractivity contribution in [3.8, 4) is 5.75 Å². The minimum absolute atomic E-state index is 0.101. The largest absolute Gasteiger partial charge is 0.495 e. The molecule has 1 fully saturated rings. The standard InChI is InChI=1S/C21H21ClN2O4S/c1-13(25)24(17-12-16(22)7-8-18(17)28-2)10-9-14-3-5-15(6-4-14)11-19-20(26)23-21(27)29-19/h3-8,12,19H,9-11H2,1-2H3,(H,23,26,27). The highest BCUT2D eigenvalue weighted by molar-refractivity contribution is 8.15. The lowest BCUT2D eigenvalue weighted by Crippen LogP contribution is -2.31. The molecule has 3 rings (SSSR count). The molecule has 6 nitrogen and oxygen atoms in total. The predicted octanol–water partition coefficient (Wildman–Crippen LogP) is 3.84. The van der Waals surface area contributed by atoms with E-state index in [1.165, 1.54) is 6.92 Å². The van der Waals surface area contributed by atoms with Crippen LogP contribution in [0.4, 0.5) is 10.5 Å². The molecule has 1 atom stereocenters. The second-order valence-corrected chi connectivity index (χ2v) is 8.25. The van der Waals surface area contributed by atoms with Gasteiger partial charge in [-0.3, -0.25) is 19.7 Å². The van der Waals surface area contributed by atoms with Crippen LogP contribution in [0.5, 0.6) is 5.75 Å². The van der Waals surface area contributed by atoms with Crippen molar-refractivity contribution in [3.63, 3.8) is 0 Å². The zero-order valence-electron chi connectivity index (χ0n) is 16.1. The number of amides is 3. The Balaban J connectivity index is 1.66. The molecule has 0 aromatic heterocycles. The van der Waals surface area contributed by atoms with Crippen molar-refractivity contribution in [2.45, 2.75) is 25.0 Å². The van der Waals surface area contributed by atoms with Crippen molar-refractivity contribution in [3.05, 3.63) is 58.6 Å². The van der Waals surface area contributed by atoms with E-state index in [4.69, 9.17) is 16.3 Å². The Bertz CT molecular complexity index is 933. The SMILES string of the molecule is COc1ccc(Cl)cc1N(CCc1ccc(CC2SC(=O)NC2=O)cc1)C(C)=O. The van der Waals surface area contributed by atoms with Crippen LogP contribution in [0.2, 0.25) is 5.02 Å². The molecule has 0 bridgehead atoms. The minimum Gasteiger partial charge on any atom is -0.495 e. The number of thioether (sulfide) groups is 1. The van der Waals surface area contributed by atoms with Gasteiger partial charge in [0.2, 0.25) is 11.8 Å². The van der Waals surface area contributed by atoms with Crippen molar-refractivity contribution in [2.24, 2.45) is 0 Å². The fourth-order valence-electron chi connectivity index (χ4n) is 3.15. The number of nitrogens with zero attached hydrogens (tertiary/aromatic N) is 1. The number of carbonyl (C=O) groups excluding carboxylic acids is 3. The van der Waals surface area contributed by atoms with E-state index in [-0.39, 0.29) is 22.3 Å². The first-order chi connectivity index (χ1) is 13.9. The molecule has 0 radical (unpaired) electrons. The van der Waals surface area contributed by atoms with Gasteiger partial charge in [0, 0.05) is 18.5 Å². The van der Waals surface area contributed by atoms with Crippen LogP contribution in [-0.2, 0) is 22.4 Å². The lowest BCUT2D eigenvalue weighted by atomic mass is 10.0. The summed E-state index contributed by atoms with van der Waals surface area (Å²) < 4.78 is 5.37. The molecule has 3 amide bonds. The third kappa shape index (κ3) is 5.31. The van der Waals surface area contributed by atoms with Gasteiger partial charge >= 0.3 is 0 Å². The van der Waals surface area contributed by atoms with E-state index in [1.54, 1.807) is 30.2 Å². The molecule has 0 saturated carbocycles. The van der Waals surface area contributed by atoms with E-state index in [9.17, 15) is 14.4 Å². The Kier molecular flexibility index (Phi) is 6.82.